The molecule has 0 unspecified atom stereocenters. The van der Waals surface area contributed by atoms with Gasteiger partial charge >= 0.3 is 5.63 Å². The Morgan fingerprint density at radius 3 is 2.61 bits per heavy atom. The molecule has 0 spiro atoms. The molecule has 1 aliphatic rings. The minimum atomic E-state index is -1.60. The first-order valence-corrected chi connectivity index (χ1v) is 7.63. The van der Waals surface area contributed by atoms with Gasteiger partial charge in [0.15, 0.2) is 5.76 Å². The molecule has 0 aliphatic carbocycles. The number of ether oxygens (including phenoxy) is 1. The van der Waals surface area contributed by atoms with Gasteiger partial charge in [0.2, 0.25) is 0 Å². The van der Waals surface area contributed by atoms with E-state index in [2.05, 4.69) is 0 Å². The highest BCUT2D eigenvalue weighted by Gasteiger charge is 2.45. The van der Waals surface area contributed by atoms with Gasteiger partial charge in [-0.05, 0) is 33.3 Å². The van der Waals surface area contributed by atoms with Crippen LogP contribution in [0.1, 0.15) is 44.6 Å². The lowest BCUT2D eigenvalue weighted by Crippen LogP contribution is -2.44. The molecule has 0 amide bonds. The van der Waals surface area contributed by atoms with Crippen molar-refractivity contribution in [2.45, 2.75) is 59.0 Å². The minimum Gasteiger partial charge on any atom is -0.507 e. The molecule has 6 heteroatoms. The molecule has 4 atom stereocenters. The Kier molecular flexibility index (Phi) is 4.71. The number of aliphatic hydroxyl groups excluding tert-OH is 1. The van der Waals surface area contributed by atoms with Crippen LogP contribution in [-0.4, -0.2) is 27.5 Å². The smallest absolute Gasteiger partial charge is 0.342 e. The summed E-state index contributed by atoms with van der Waals surface area (Å²) in [6.07, 6.45) is 0.554. The summed E-state index contributed by atoms with van der Waals surface area (Å²) in [7, 11) is 0. The number of rotatable bonds is 3. The van der Waals surface area contributed by atoms with Gasteiger partial charge in [0, 0.05) is 5.92 Å². The molecular formula is C17H24O6. The van der Waals surface area contributed by atoms with E-state index in [1.54, 1.807) is 13.8 Å². The predicted molar refractivity (Wildman–Crippen MR) is 84.1 cm³/mol. The summed E-state index contributed by atoms with van der Waals surface area (Å²) in [5, 5.41) is 30.6. The first kappa shape index (κ1) is 17.7. The summed E-state index contributed by atoms with van der Waals surface area (Å²) >= 11 is 0. The van der Waals surface area contributed by atoms with Gasteiger partial charge in [0.05, 0.1) is 23.8 Å². The third-order valence-corrected chi connectivity index (χ3v) is 4.48. The van der Waals surface area contributed by atoms with E-state index >= 15 is 0 Å². The average molecular weight is 324 g/mol. The highest BCUT2D eigenvalue weighted by atomic mass is 16.5. The zero-order chi connectivity index (χ0) is 17.5. The van der Waals surface area contributed by atoms with Crippen LogP contribution in [0, 0.1) is 12.8 Å². The maximum absolute atomic E-state index is 11.8. The molecule has 0 fully saturated rings. The first-order chi connectivity index (χ1) is 10.6. The lowest BCUT2D eigenvalue weighted by molar-refractivity contribution is -0.122. The zero-order valence-electron chi connectivity index (χ0n) is 14.1. The van der Waals surface area contributed by atoms with Crippen LogP contribution < -0.4 is 5.63 Å². The molecule has 0 radical (unpaired) electrons. The quantitative estimate of drug-likeness (QED) is 0.732. The highest BCUT2D eigenvalue weighted by Crippen LogP contribution is 2.41. The van der Waals surface area contributed by atoms with E-state index in [0.29, 0.717) is 5.56 Å². The summed E-state index contributed by atoms with van der Waals surface area (Å²) in [6.45, 7) is 8.30. The Morgan fingerprint density at radius 1 is 1.43 bits per heavy atom. The fraction of sp³-hybridized carbons (Fsp3) is 0.588. The molecule has 0 saturated heterocycles. The molecular weight excluding hydrogens is 300 g/mol. The predicted octanol–water partition coefficient (Wildman–Crippen LogP) is 1.72. The molecule has 1 aromatic heterocycles. The van der Waals surface area contributed by atoms with Gasteiger partial charge < -0.3 is 24.5 Å². The molecule has 3 N–H and O–H groups in total. The second-order valence-electron chi connectivity index (χ2n) is 6.52. The summed E-state index contributed by atoms with van der Waals surface area (Å²) < 4.78 is 11.0. The Hall–Kier alpha value is -1.63. The van der Waals surface area contributed by atoms with Crippen LogP contribution in [0.15, 0.2) is 20.9 Å². The monoisotopic (exact) mass is 324 g/mol. The molecule has 23 heavy (non-hydrogen) atoms. The Bertz CT molecular complexity index is 683. The normalized spacial score (nSPS) is 27.4. The maximum atomic E-state index is 11.8. The standard InChI is InChI=1S/C17H24O6/c1-8(11(4)18)6-9(2)14-17(5,21)15-12(7-22-14)13(19)10(3)16(20)23-15/h6,8,11,14,18-19,21H,7H2,1-5H3/b9-6+/t8-,11-,14+,17-/m0/s1. The first-order valence-electron chi connectivity index (χ1n) is 7.63. The summed E-state index contributed by atoms with van der Waals surface area (Å²) in [5.74, 6) is -0.289. The summed E-state index contributed by atoms with van der Waals surface area (Å²) in [5.41, 5.74) is -1.18. The molecule has 1 aromatic rings. The van der Waals surface area contributed by atoms with E-state index in [0.717, 1.165) is 5.57 Å². The molecule has 128 valence electrons. The van der Waals surface area contributed by atoms with Crippen LogP contribution in [0.5, 0.6) is 5.75 Å². The molecule has 0 bridgehead atoms. The van der Waals surface area contributed by atoms with E-state index < -0.39 is 23.4 Å². The van der Waals surface area contributed by atoms with E-state index in [1.165, 1.54) is 13.8 Å². The van der Waals surface area contributed by atoms with E-state index in [9.17, 15) is 20.1 Å². The minimum absolute atomic E-state index is 0.0271. The van der Waals surface area contributed by atoms with Gasteiger partial charge in [-0.1, -0.05) is 13.0 Å². The van der Waals surface area contributed by atoms with Crippen LogP contribution >= 0.6 is 0 Å². The van der Waals surface area contributed by atoms with Crippen molar-refractivity contribution in [3.8, 4) is 5.75 Å². The van der Waals surface area contributed by atoms with Gasteiger partial charge in [0.25, 0.3) is 0 Å². The van der Waals surface area contributed by atoms with Crippen LogP contribution in [-0.2, 0) is 16.9 Å². The third kappa shape index (κ3) is 3.06. The maximum Gasteiger partial charge on any atom is 0.342 e. The molecule has 1 aliphatic heterocycles. The van der Waals surface area contributed by atoms with Crippen molar-refractivity contribution in [1.29, 1.82) is 0 Å². The largest absolute Gasteiger partial charge is 0.507 e. The fourth-order valence-electron chi connectivity index (χ4n) is 2.87. The lowest BCUT2D eigenvalue weighted by atomic mass is 9.84. The number of fused-ring (bicyclic) bond motifs is 1. The van der Waals surface area contributed by atoms with Crippen LogP contribution in [0.2, 0.25) is 0 Å². The number of hydrogen-bond donors (Lipinski definition) is 3. The average Bonchev–Trinajstić information content (AvgIpc) is 2.45. The Labute approximate surface area is 135 Å². The number of aromatic hydroxyl groups is 1. The SMILES string of the molecule is C/C(=C\[C@H](C)[C@H](C)O)[C@H]1OCc2c(oc(=O)c(C)c2O)[C@@]1(C)O. The lowest BCUT2D eigenvalue weighted by Gasteiger charge is -2.38. The molecule has 2 rings (SSSR count). The van der Waals surface area contributed by atoms with Gasteiger partial charge in [0.1, 0.15) is 17.5 Å². The highest BCUT2D eigenvalue weighted by molar-refractivity contribution is 5.43. The van der Waals surface area contributed by atoms with Crippen molar-refractivity contribution in [2.75, 3.05) is 0 Å². The number of hydrogen-bond acceptors (Lipinski definition) is 6. The van der Waals surface area contributed by atoms with E-state index in [-0.39, 0.29) is 29.6 Å². The fourth-order valence-corrected chi connectivity index (χ4v) is 2.87. The van der Waals surface area contributed by atoms with Gasteiger partial charge in [-0.2, -0.15) is 0 Å². The van der Waals surface area contributed by atoms with Crippen molar-refractivity contribution in [3.05, 3.63) is 39.0 Å². The zero-order valence-corrected chi connectivity index (χ0v) is 14.1. The van der Waals surface area contributed by atoms with Gasteiger partial charge in [-0.25, -0.2) is 4.79 Å². The Morgan fingerprint density at radius 2 is 2.04 bits per heavy atom. The van der Waals surface area contributed by atoms with Crippen molar-refractivity contribution in [1.82, 2.24) is 0 Å². The van der Waals surface area contributed by atoms with Gasteiger partial charge in [-0.15, -0.1) is 0 Å². The topological polar surface area (TPSA) is 100 Å². The number of aliphatic hydroxyl groups is 2. The van der Waals surface area contributed by atoms with Crippen molar-refractivity contribution in [2.24, 2.45) is 5.92 Å². The van der Waals surface area contributed by atoms with Crippen LogP contribution in [0.3, 0.4) is 0 Å². The molecule has 6 nitrogen and oxygen atoms in total. The van der Waals surface area contributed by atoms with Crippen LogP contribution in [0.25, 0.3) is 0 Å². The van der Waals surface area contributed by atoms with Gasteiger partial charge in [-0.3, -0.25) is 0 Å². The summed E-state index contributed by atoms with van der Waals surface area (Å²) in [6, 6.07) is 0. The molecule has 0 aromatic carbocycles. The van der Waals surface area contributed by atoms with Crippen molar-refractivity contribution in [3.63, 3.8) is 0 Å². The second-order valence-corrected chi connectivity index (χ2v) is 6.52. The third-order valence-electron chi connectivity index (χ3n) is 4.48. The van der Waals surface area contributed by atoms with Crippen molar-refractivity contribution < 1.29 is 24.5 Å². The van der Waals surface area contributed by atoms with E-state index in [4.69, 9.17) is 9.15 Å². The molecule has 0 saturated carbocycles. The van der Waals surface area contributed by atoms with Crippen molar-refractivity contribution >= 4 is 0 Å². The summed E-state index contributed by atoms with van der Waals surface area (Å²) in [4.78, 5) is 11.8. The van der Waals surface area contributed by atoms with E-state index in [1.807, 2.05) is 13.0 Å². The molecule has 2 heterocycles. The Balaban J connectivity index is 2.49. The second kappa shape index (κ2) is 6.11. The van der Waals surface area contributed by atoms with Crippen LogP contribution in [0.4, 0.5) is 0 Å².